The van der Waals surface area contributed by atoms with Gasteiger partial charge in [0.25, 0.3) is 5.91 Å². The summed E-state index contributed by atoms with van der Waals surface area (Å²) in [6.45, 7) is 8.89. The number of rotatable bonds is 9. The molecule has 0 spiro atoms. The molecule has 3 N–H and O–H groups in total. The van der Waals surface area contributed by atoms with Gasteiger partial charge in [-0.05, 0) is 42.8 Å². The summed E-state index contributed by atoms with van der Waals surface area (Å²) in [6, 6.07) is 16.3. The number of carbonyl (C=O) groups excluding carboxylic acids is 1. The number of methoxy groups -OCH3 is 1. The molecule has 3 rings (SSSR count). The van der Waals surface area contributed by atoms with E-state index in [9.17, 15) is 4.79 Å². The van der Waals surface area contributed by atoms with Gasteiger partial charge in [0.2, 0.25) is 0 Å². The van der Waals surface area contributed by atoms with Gasteiger partial charge in [-0.2, -0.15) is 12.1 Å². The SMILES string of the molecule is C=C\C=C(/N=C(\C=C(/N)C(=O)Nc1ccc(N2CCOCC2)cc1)CC)c1c[c-]c(OC)cc1.[CH3-].[U+2]. The van der Waals surface area contributed by atoms with Crippen LogP contribution >= 0.6 is 0 Å². The fraction of sp³-hybridized carbons (Fsp3) is 0.250. The molecule has 0 unspecified atom stereocenters. The second kappa shape index (κ2) is 16.1. The first kappa shape index (κ1) is 31.2. The molecule has 0 bridgehead atoms. The molecule has 1 heterocycles. The summed E-state index contributed by atoms with van der Waals surface area (Å²) in [5, 5.41) is 2.84. The van der Waals surface area contributed by atoms with E-state index in [-0.39, 0.29) is 50.1 Å². The number of morpholine rings is 1. The van der Waals surface area contributed by atoms with Gasteiger partial charge in [0.05, 0.1) is 26.0 Å². The Kier molecular flexibility index (Phi) is 13.9. The third kappa shape index (κ3) is 9.02. The van der Waals surface area contributed by atoms with E-state index in [0.717, 1.165) is 37.6 Å². The van der Waals surface area contributed by atoms with E-state index in [0.29, 0.717) is 29.3 Å². The predicted octanol–water partition coefficient (Wildman–Crippen LogP) is 4.64. The van der Waals surface area contributed by atoms with Crippen molar-refractivity contribution in [1.82, 2.24) is 0 Å². The smallest absolute Gasteiger partial charge is 0.523 e. The first-order valence-electron chi connectivity index (χ1n) is 11.2. The first-order chi connectivity index (χ1) is 16.5. The molecule has 0 atom stereocenters. The standard InChI is InChI=1S/C27H31N4O3.CH3.U/c1-4-6-26(20-7-13-24(33-3)14-8-20)29-21(5-2)19-25(28)27(32)30-22-9-11-23(12-10-22)31-15-17-34-18-16-31;;/h4,6-13,19H,1,5,15-18,28H2,2-3H3,(H,30,32);1H3;/q2*-1;+2/b25-19-,26-6-,29-21-;;. The third-order valence-electron chi connectivity index (χ3n) is 5.29. The quantitative estimate of drug-likeness (QED) is 0.171. The number of nitrogens with one attached hydrogen (secondary N) is 1. The first-order valence-corrected chi connectivity index (χ1v) is 11.2. The largest absolute Gasteiger partial charge is 2.00 e. The number of aliphatic imine (C=N–C) groups is 1. The molecule has 1 saturated heterocycles. The van der Waals surface area contributed by atoms with Crippen molar-refractivity contribution < 1.29 is 45.4 Å². The van der Waals surface area contributed by atoms with Crippen LogP contribution < -0.4 is 20.7 Å². The summed E-state index contributed by atoms with van der Waals surface area (Å²) < 4.78 is 10.6. The summed E-state index contributed by atoms with van der Waals surface area (Å²) in [5.74, 6) is 0.257. The van der Waals surface area contributed by atoms with Gasteiger partial charge in [-0.15, -0.1) is 17.7 Å². The van der Waals surface area contributed by atoms with Crippen LogP contribution in [0.15, 0.2) is 78.0 Å². The van der Waals surface area contributed by atoms with Crippen LogP contribution in [0.4, 0.5) is 11.4 Å². The topological polar surface area (TPSA) is 89.2 Å². The Morgan fingerprint density at radius 2 is 1.94 bits per heavy atom. The van der Waals surface area contributed by atoms with Crippen molar-refractivity contribution in [3.05, 3.63) is 92.0 Å². The average Bonchev–Trinajstić information content (AvgIpc) is 2.88. The minimum absolute atomic E-state index is 0. The molecule has 0 aliphatic carbocycles. The van der Waals surface area contributed by atoms with Crippen molar-refractivity contribution in [3.8, 4) is 5.75 Å². The van der Waals surface area contributed by atoms with Gasteiger partial charge in [-0.3, -0.25) is 9.79 Å². The number of nitrogens with zero attached hydrogens (tertiary/aromatic N) is 2. The van der Waals surface area contributed by atoms with Crippen LogP contribution in [0.3, 0.4) is 0 Å². The molecule has 188 valence electrons. The number of anilines is 2. The van der Waals surface area contributed by atoms with Crippen LogP contribution in [-0.2, 0) is 9.53 Å². The average molecular weight is 713 g/mol. The Morgan fingerprint density at radius 1 is 1.25 bits per heavy atom. The van der Waals surface area contributed by atoms with Crippen LogP contribution in [0.5, 0.6) is 5.75 Å². The third-order valence-corrected chi connectivity index (χ3v) is 5.29. The van der Waals surface area contributed by atoms with Crippen molar-refractivity contribution in [3.63, 3.8) is 0 Å². The second-order valence-corrected chi connectivity index (χ2v) is 7.59. The Bertz CT molecular complexity index is 1070. The van der Waals surface area contributed by atoms with Gasteiger partial charge in [-0.1, -0.05) is 19.6 Å². The monoisotopic (exact) mass is 712 g/mol. The van der Waals surface area contributed by atoms with Crippen molar-refractivity contribution in [2.75, 3.05) is 43.6 Å². The zero-order valence-electron chi connectivity index (χ0n) is 21.2. The molecule has 1 amide bonds. The maximum atomic E-state index is 12.7. The minimum atomic E-state index is -0.382. The summed E-state index contributed by atoms with van der Waals surface area (Å²) in [4.78, 5) is 19.6. The van der Waals surface area contributed by atoms with Gasteiger partial charge < -0.3 is 32.9 Å². The number of ether oxygens (including phenoxy) is 2. The Morgan fingerprint density at radius 3 is 2.50 bits per heavy atom. The van der Waals surface area contributed by atoms with Crippen LogP contribution in [0.2, 0.25) is 0 Å². The Labute approximate surface area is 238 Å². The van der Waals surface area contributed by atoms with E-state index < -0.39 is 0 Å². The molecule has 1 aliphatic rings. The molecule has 36 heavy (non-hydrogen) atoms. The summed E-state index contributed by atoms with van der Waals surface area (Å²) in [5.41, 5.74) is 10.2. The van der Waals surface area contributed by atoms with E-state index in [1.54, 1.807) is 31.4 Å². The molecular formula is C28H34N4O3U. The minimum Gasteiger partial charge on any atom is -0.523 e. The fourth-order valence-corrected chi connectivity index (χ4v) is 3.40. The molecule has 2 aromatic carbocycles. The second-order valence-electron chi connectivity index (χ2n) is 7.59. The van der Waals surface area contributed by atoms with Gasteiger partial charge in [0.15, 0.2) is 0 Å². The van der Waals surface area contributed by atoms with E-state index in [2.05, 4.69) is 22.9 Å². The van der Waals surface area contributed by atoms with Crippen molar-refractivity contribution in [1.29, 1.82) is 0 Å². The van der Waals surface area contributed by atoms with Gasteiger partial charge in [0.1, 0.15) is 0 Å². The molecule has 7 nitrogen and oxygen atoms in total. The van der Waals surface area contributed by atoms with Crippen LogP contribution in [-0.4, -0.2) is 45.0 Å². The number of hydrogen-bond donors (Lipinski definition) is 2. The molecule has 2 aromatic rings. The van der Waals surface area contributed by atoms with Crippen LogP contribution in [0, 0.1) is 44.6 Å². The Balaban J connectivity index is 0.00000324. The van der Waals surface area contributed by atoms with Crippen LogP contribution in [0.25, 0.3) is 5.70 Å². The number of allylic oxidation sites excluding steroid dienone is 3. The van der Waals surface area contributed by atoms with E-state index in [1.165, 1.54) is 0 Å². The van der Waals surface area contributed by atoms with E-state index in [4.69, 9.17) is 20.2 Å². The van der Waals surface area contributed by atoms with Crippen LogP contribution in [0.1, 0.15) is 18.9 Å². The molecule has 0 saturated carbocycles. The number of amides is 1. The Hall–Kier alpha value is -2.79. The number of benzene rings is 2. The number of carbonyl (C=O) groups is 1. The maximum absolute atomic E-state index is 12.7. The molecule has 1 fully saturated rings. The number of nitrogens with two attached hydrogens (primary N) is 1. The summed E-state index contributed by atoms with van der Waals surface area (Å²) in [6.07, 6.45) is 5.65. The normalized spacial score (nSPS) is 14.3. The molecule has 0 radical (unpaired) electrons. The summed E-state index contributed by atoms with van der Waals surface area (Å²) in [7, 11) is 1.59. The van der Waals surface area contributed by atoms with Crippen molar-refractivity contribution in [2.45, 2.75) is 13.3 Å². The molecule has 8 heteroatoms. The maximum Gasteiger partial charge on any atom is 2.00 e. The zero-order valence-corrected chi connectivity index (χ0v) is 25.4. The zero-order chi connectivity index (χ0) is 24.3. The van der Waals surface area contributed by atoms with E-state index >= 15 is 0 Å². The summed E-state index contributed by atoms with van der Waals surface area (Å²) >= 11 is 0. The van der Waals surface area contributed by atoms with Crippen molar-refractivity contribution in [2.24, 2.45) is 10.7 Å². The number of hydrogen-bond acceptors (Lipinski definition) is 6. The fourth-order valence-electron chi connectivity index (χ4n) is 3.40. The van der Waals surface area contributed by atoms with Gasteiger partial charge in [0, 0.05) is 41.6 Å². The van der Waals surface area contributed by atoms with Gasteiger partial charge in [-0.25, -0.2) is 0 Å². The van der Waals surface area contributed by atoms with Crippen molar-refractivity contribution >= 4 is 28.7 Å². The predicted molar refractivity (Wildman–Crippen MR) is 145 cm³/mol. The van der Waals surface area contributed by atoms with Gasteiger partial charge >= 0.3 is 31.1 Å². The molecular weight excluding hydrogens is 678 g/mol. The van der Waals surface area contributed by atoms with E-state index in [1.807, 2.05) is 43.3 Å². The molecule has 0 aromatic heterocycles. The molecule has 1 aliphatic heterocycles.